The van der Waals surface area contributed by atoms with Gasteiger partial charge in [0.1, 0.15) is 5.75 Å². The van der Waals surface area contributed by atoms with Crippen LogP contribution in [0.15, 0.2) is 36.4 Å². The highest BCUT2D eigenvalue weighted by atomic mass is 32.1. The molecule has 1 aromatic carbocycles. The van der Waals surface area contributed by atoms with Gasteiger partial charge in [-0.1, -0.05) is 23.5 Å². The second kappa shape index (κ2) is 10.7. The summed E-state index contributed by atoms with van der Waals surface area (Å²) in [6, 6.07) is 9.82. The van der Waals surface area contributed by atoms with Crippen LogP contribution in [-0.2, 0) is 9.53 Å². The molecule has 13 heteroatoms. The summed E-state index contributed by atoms with van der Waals surface area (Å²) in [5.41, 5.74) is 1.23. The molecule has 0 unspecified atom stereocenters. The fraction of sp³-hybridized carbons (Fsp3) is 0.381. The quantitative estimate of drug-likeness (QED) is 0.465. The lowest BCUT2D eigenvalue weighted by molar-refractivity contribution is -0.126. The van der Waals surface area contributed by atoms with Gasteiger partial charge in [-0.15, -0.1) is 15.3 Å². The van der Waals surface area contributed by atoms with Crippen molar-refractivity contribution < 1.29 is 23.0 Å². The van der Waals surface area contributed by atoms with Gasteiger partial charge in [0.2, 0.25) is 10.3 Å². The van der Waals surface area contributed by atoms with Crippen LogP contribution >= 0.6 is 11.3 Å². The highest BCUT2D eigenvalue weighted by Crippen LogP contribution is 2.27. The van der Waals surface area contributed by atoms with E-state index >= 15 is 0 Å². The van der Waals surface area contributed by atoms with Crippen LogP contribution < -0.4 is 20.3 Å². The topological polar surface area (TPSA) is 114 Å². The zero-order valence-corrected chi connectivity index (χ0v) is 19.3. The van der Waals surface area contributed by atoms with E-state index in [9.17, 15) is 13.6 Å². The normalized spacial score (nSPS) is 16.5. The van der Waals surface area contributed by atoms with Gasteiger partial charge in [-0.2, -0.15) is 13.9 Å². The van der Waals surface area contributed by atoms with Crippen LogP contribution in [0.5, 0.6) is 5.75 Å². The average Bonchev–Trinajstić information content (AvgIpc) is 3.44. The molecular weight excluding hydrogens is 468 g/mol. The minimum atomic E-state index is -2.96. The molecule has 10 nitrogen and oxygen atoms in total. The van der Waals surface area contributed by atoms with Crippen molar-refractivity contribution >= 4 is 33.3 Å². The molecule has 2 atom stereocenters. The van der Waals surface area contributed by atoms with E-state index in [0.717, 1.165) is 31.0 Å². The molecule has 1 saturated heterocycles. The van der Waals surface area contributed by atoms with E-state index in [1.165, 1.54) is 36.6 Å². The number of anilines is 3. The number of carbonyl (C=O) groups is 1. The van der Waals surface area contributed by atoms with Crippen LogP contribution in [0, 0.1) is 6.92 Å². The van der Waals surface area contributed by atoms with Crippen molar-refractivity contribution in [2.45, 2.75) is 32.1 Å². The highest BCUT2D eigenvalue weighted by molar-refractivity contribution is 7.19. The molecule has 0 aliphatic carbocycles. The Balaban J connectivity index is 1.34. The number of methoxy groups -OCH3 is 1. The number of aryl methyl sites for hydroxylation is 1. The van der Waals surface area contributed by atoms with Gasteiger partial charge in [0, 0.05) is 26.2 Å². The van der Waals surface area contributed by atoms with Crippen molar-refractivity contribution in [3.05, 3.63) is 47.7 Å². The van der Waals surface area contributed by atoms with E-state index in [2.05, 4.69) is 40.7 Å². The number of hydrogen-bond acceptors (Lipinski definition) is 10. The van der Waals surface area contributed by atoms with Crippen LogP contribution in [0.1, 0.15) is 23.8 Å². The third-order valence-electron chi connectivity index (χ3n) is 5.14. The molecule has 1 amide bonds. The van der Waals surface area contributed by atoms with Crippen LogP contribution in [0.3, 0.4) is 0 Å². The Labute approximate surface area is 198 Å². The van der Waals surface area contributed by atoms with Gasteiger partial charge in [-0.3, -0.25) is 10.1 Å². The zero-order valence-electron chi connectivity index (χ0n) is 18.4. The number of benzene rings is 1. The number of halogens is 2. The molecule has 0 spiro atoms. The van der Waals surface area contributed by atoms with E-state index in [4.69, 9.17) is 4.74 Å². The lowest BCUT2D eigenvalue weighted by Crippen LogP contribution is -2.26. The van der Waals surface area contributed by atoms with Crippen LogP contribution in [-0.4, -0.2) is 59.2 Å². The van der Waals surface area contributed by atoms with Crippen molar-refractivity contribution in [1.29, 1.82) is 0 Å². The minimum absolute atomic E-state index is 0.0630. The molecule has 4 rings (SSSR count). The number of amides is 1. The highest BCUT2D eigenvalue weighted by Gasteiger charge is 2.26. The third-order valence-corrected chi connectivity index (χ3v) is 5.91. The number of nitrogens with zero attached hydrogens (tertiary/aromatic N) is 5. The fourth-order valence-corrected chi connectivity index (χ4v) is 4.30. The molecule has 1 fully saturated rings. The standard InChI is InChI=1S/C21H23F2N7O3S/c1-12-6-7-16(27-26-12)30-9-8-14(11-30)24-20-28-29-21(34-20)25-18(31)17(32-2)13-4-3-5-15(10-13)33-19(22)23/h3-7,10,14,17,19H,8-9,11H2,1-2H3,(H,24,28)(H,25,29,31)/t14-,17-/m1/s1. The van der Waals surface area contributed by atoms with Crippen molar-refractivity contribution in [3.8, 4) is 5.75 Å². The Kier molecular flexibility index (Phi) is 7.43. The summed E-state index contributed by atoms with van der Waals surface area (Å²) in [6.45, 7) is 0.503. The molecule has 1 aliphatic rings. The Morgan fingerprint density at radius 2 is 2.00 bits per heavy atom. The Morgan fingerprint density at radius 3 is 2.74 bits per heavy atom. The van der Waals surface area contributed by atoms with Gasteiger partial charge in [-0.05, 0) is 43.2 Å². The van der Waals surface area contributed by atoms with E-state index in [1.807, 2.05) is 19.1 Å². The maximum absolute atomic E-state index is 12.7. The summed E-state index contributed by atoms with van der Waals surface area (Å²) in [5, 5.41) is 23.3. The van der Waals surface area contributed by atoms with Crippen LogP contribution in [0.2, 0.25) is 0 Å². The lowest BCUT2D eigenvalue weighted by atomic mass is 10.1. The number of hydrogen-bond donors (Lipinski definition) is 2. The molecule has 0 saturated carbocycles. The first-order valence-electron chi connectivity index (χ1n) is 10.4. The predicted molar refractivity (Wildman–Crippen MR) is 122 cm³/mol. The first kappa shape index (κ1) is 23.7. The summed E-state index contributed by atoms with van der Waals surface area (Å²) in [4.78, 5) is 14.9. The Morgan fingerprint density at radius 1 is 1.18 bits per heavy atom. The van der Waals surface area contributed by atoms with E-state index < -0.39 is 18.6 Å². The molecule has 2 aromatic heterocycles. The number of ether oxygens (including phenoxy) is 2. The number of nitrogens with one attached hydrogen (secondary N) is 2. The van der Waals surface area contributed by atoms with E-state index in [0.29, 0.717) is 10.7 Å². The van der Waals surface area contributed by atoms with E-state index in [-0.39, 0.29) is 16.9 Å². The third kappa shape index (κ3) is 5.91. The lowest BCUT2D eigenvalue weighted by Gasteiger charge is -2.17. The molecule has 3 aromatic rings. The molecule has 0 radical (unpaired) electrons. The monoisotopic (exact) mass is 491 g/mol. The van der Waals surface area contributed by atoms with Gasteiger partial charge < -0.3 is 19.7 Å². The SMILES string of the molecule is CO[C@@H](C(=O)Nc1nnc(N[C@@H]2CCN(c3ccc(C)nn3)C2)s1)c1cccc(OC(F)F)c1. The second-order valence-electron chi connectivity index (χ2n) is 7.58. The largest absolute Gasteiger partial charge is 0.435 e. The van der Waals surface area contributed by atoms with E-state index in [1.54, 1.807) is 6.07 Å². The smallest absolute Gasteiger partial charge is 0.387 e. The number of aromatic nitrogens is 4. The van der Waals surface area contributed by atoms with Crippen molar-refractivity contribution in [1.82, 2.24) is 20.4 Å². The molecular formula is C21H23F2N7O3S. The maximum Gasteiger partial charge on any atom is 0.387 e. The first-order chi connectivity index (χ1) is 16.4. The second-order valence-corrected chi connectivity index (χ2v) is 8.55. The summed E-state index contributed by atoms with van der Waals surface area (Å²) in [6.07, 6.45) is -0.153. The Bertz CT molecular complexity index is 1120. The predicted octanol–water partition coefficient (Wildman–Crippen LogP) is 3.25. The molecule has 180 valence electrons. The van der Waals surface area contributed by atoms with Crippen LogP contribution in [0.25, 0.3) is 0 Å². The fourth-order valence-electron chi connectivity index (χ4n) is 3.57. The van der Waals surface area contributed by atoms with Gasteiger partial charge in [0.25, 0.3) is 5.91 Å². The first-order valence-corrected chi connectivity index (χ1v) is 11.3. The van der Waals surface area contributed by atoms with Gasteiger partial charge >= 0.3 is 6.61 Å². The minimum Gasteiger partial charge on any atom is -0.435 e. The average molecular weight is 492 g/mol. The summed E-state index contributed by atoms with van der Waals surface area (Å²) in [5.74, 6) is 0.255. The number of rotatable bonds is 9. The molecule has 2 N–H and O–H groups in total. The molecule has 1 aliphatic heterocycles. The van der Waals surface area contributed by atoms with Gasteiger partial charge in [0.15, 0.2) is 11.9 Å². The summed E-state index contributed by atoms with van der Waals surface area (Å²) < 4.78 is 34.7. The summed E-state index contributed by atoms with van der Waals surface area (Å²) in [7, 11) is 1.35. The zero-order chi connectivity index (χ0) is 24.1. The van der Waals surface area contributed by atoms with Gasteiger partial charge in [-0.25, -0.2) is 0 Å². The Hall–Kier alpha value is -3.45. The van der Waals surface area contributed by atoms with Crippen molar-refractivity contribution in [2.24, 2.45) is 0 Å². The molecule has 0 bridgehead atoms. The van der Waals surface area contributed by atoms with Crippen molar-refractivity contribution in [3.63, 3.8) is 0 Å². The van der Waals surface area contributed by atoms with Crippen molar-refractivity contribution in [2.75, 3.05) is 35.7 Å². The molecule has 3 heterocycles. The van der Waals surface area contributed by atoms with Crippen LogP contribution in [0.4, 0.5) is 24.9 Å². The summed E-state index contributed by atoms with van der Waals surface area (Å²) >= 11 is 1.19. The van der Waals surface area contributed by atoms with Gasteiger partial charge in [0.05, 0.1) is 5.69 Å². The number of carbonyl (C=O) groups excluding carboxylic acids is 1. The number of alkyl halides is 2. The maximum atomic E-state index is 12.7. The molecule has 34 heavy (non-hydrogen) atoms.